The van der Waals surface area contributed by atoms with Crippen molar-refractivity contribution >= 4 is 30.2 Å². The van der Waals surface area contributed by atoms with Gasteiger partial charge in [-0.1, -0.05) is 30.9 Å². The van der Waals surface area contributed by atoms with Crippen molar-refractivity contribution in [3.8, 4) is 0 Å². The summed E-state index contributed by atoms with van der Waals surface area (Å²) in [5, 5.41) is 3.17. The molecule has 2 aliphatic rings. The quantitative estimate of drug-likeness (QED) is 0.551. The van der Waals surface area contributed by atoms with E-state index in [4.69, 9.17) is 5.73 Å². The predicted molar refractivity (Wildman–Crippen MR) is 92.7 cm³/mol. The highest BCUT2D eigenvalue weighted by Gasteiger charge is 2.13. The van der Waals surface area contributed by atoms with E-state index in [2.05, 4.69) is 39.1 Å². The molecule has 1 aliphatic carbocycles. The average Bonchev–Trinajstić information content (AvgIpc) is 2.51. The van der Waals surface area contributed by atoms with Crippen molar-refractivity contribution < 1.29 is 0 Å². The van der Waals surface area contributed by atoms with Crippen LogP contribution in [-0.2, 0) is 0 Å². The molecule has 3 N–H and O–H groups in total. The summed E-state index contributed by atoms with van der Waals surface area (Å²) < 4.78 is 3.84. The summed E-state index contributed by atoms with van der Waals surface area (Å²) in [6.45, 7) is 4.10. The molecule has 0 atom stereocenters. The average molecular weight is 299 g/mol. The molecule has 108 valence electrons. The number of nitrogens with zero attached hydrogens (tertiary/aromatic N) is 3. The first kappa shape index (κ1) is 15.1. The fourth-order valence-corrected chi connectivity index (χ4v) is 1.91. The lowest BCUT2D eigenvalue weighted by molar-refractivity contribution is 1.04. The molecule has 0 amide bonds. The molecule has 0 unspecified atom stereocenters. The number of nitrogens with two attached hydrogens (primary N) is 1. The van der Waals surface area contributed by atoms with E-state index in [-0.39, 0.29) is 0 Å². The zero-order chi connectivity index (χ0) is 15.1. The van der Waals surface area contributed by atoms with Gasteiger partial charge in [-0.3, -0.25) is 4.99 Å². The van der Waals surface area contributed by atoms with Crippen LogP contribution in [0.1, 0.15) is 6.42 Å². The van der Waals surface area contributed by atoms with Gasteiger partial charge in [0.15, 0.2) is 11.7 Å². The van der Waals surface area contributed by atoms with Crippen LogP contribution in [0.4, 0.5) is 0 Å². The minimum absolute atomic E-state index is 0.377. The highest BCUT2D eigenvalue weighted by atomic mass is 32.1. The molecule has 1 heterocycles. The maximum absolute atomic E-state index is 5.93. The second-order valence-corrected chi connectivity index (χ2v) is 4.55. The predicted octanol–water partition coefficient (Wildman–Crippen LogP) is 2.10. The van der Waals surface area contributed by atoms with Crippen molar-refractivity contribution in [3.63, 3.8) is 0 Å². The first-order chi connectivity index (χ1) is 10.2. The molecule has 0 saturated carbocycles. The van der Waals surface area contributed by atoms with Crippen LogP contribution in [0.5, 0.6) is 0 Å². The van der Waals surface area contributed by atoms with Crippen LogP contribution >= 0.6 is 12.8 Å². The first-order valence-electron chi connectivity index (χ1n) is 6.46. The van der Waals surface area contributed by atoms with Gasteiger partial charge in [-0.2, -0.15) is 0 Å². The van der Waals surface area contributed by atoms with Gasteiger partial charge >= 0.3 is 0 Å². The van der Waals surface area contributed by atoms with Crippen molar-refractivity contribution in [1.82, 2.24) is 5.32 Å². The highest BCUT2D eigenvalue weighted by molar-refractivity contribution is 7.79. The van der Waals surface area contributed by atoms with Crippen LogP contribution in [-0.4, -0.2) is 23.9 Å². The second-order valence-electron chi connectivity index (χ2n) is 4.35. The number of nitrogens with one attached hydrogen (secondary N) is 1. The van der Waals surface area contributed by atoms with Crippen molar-refractivity contribution in [2.45, 2.75) is 6.42 Å². The molecule has 0 aromatic carbocycles. The highest BCUT2D eigenvalue weighted by Crippen LogP contribution is 2.09. The Morgan fingerprint density at radius 1 is 1.38 bits per heavy atom. The van der Waals surface area contributed by atoms with E-state index in [1.54, 1.807) is 6.08 Å². The molecule has 6 heteroatoms. The van der Waals surface area contributed by atoms with Gasteiger partial charge in [-0.25, -0.2) is 9.39 Å². The number of hydrogen-bond donors (Lipinski definition) is 3. The maximum atomic E-state index is 5.93. The molecule has 0 fully saturated rings. The standard InChI is InChI=1S/C15H17N5S/c1-2-3-4-5-13-10-17-15(14(16)18-13)19-11-6-8-12(20-21)9-7-11/h2-8,21H,1,9-10H2,(H2,16,18)(H,17,19)/b4-3-,13-5+,20-12?. The van der Waals surface area contributed by atoms with E-state index in [1.165, 1.54) is 0 Å². The topological polar surface area (TPSA) is 75.1 Å². The Bertz CT molecular complexity index is 632. The SMILES string of the molecule is C=C/C=C\C=C1/CN=C(NC2=CCC(=NS)C=C2)C(N)=N1. The summed E-state index contributed by atoms with van der Waals surface area (Å²) in [6, 6.07) is 0. The molecule has 0 spiro atoms. The zero-order valence-corrected chi connectivity index (χ0v) is 12.4. The van der Waals surface area contributed by atoms with Gasteiger partial charge in [0.2, 0.25) is 0 Å². The third-order valence-electron chi connectivity index (χ3n) is 2.82. The van der Waals surface area contributed by atoms with E-state index < -0.39 is 0 Å². The Kier molecular flexibility index (Phi) is 5.34. The Hall–Kier alpha value is -2.34. The van der Waals surface area contributed by atoms with Gasteiger partial charge in [-0.15, -0.1) is 0 Å². The van der Waals surface area contributed by atoms with Crippen molar-refractivity contribution in [2.24, 2.45) is 20.1 Å². The van der Waals surface area contributed by atoms with Crippen molar-refractivity contribution in [3.05, 3.63) is 60.5 Å². The molecule has 0 radical (unpaired) electrons. The van der Waals surface area contributed by atoms with Gasteiger partial charge in [-0.05, 0) is 31.0 Å². The van der Waals surface area contributed by atoms with Crippen molar-refractivity contribution in [1.29, 1.82) is 0 Å². The molecule has 0 aromatic rings. The second kappa shape index (κ2) is 7.44. The van der Waals surface area contributed by atoms with Crippen molar-refractivity contribution in [2.75, 3.05) is 6.54 Å². The number of allylic oxidation sites excluding steroid dienone is 7. The molecule has 0 bridgehead atoms. The van der Waals surface area contributed by atoms with E-state index in [9.17, 15) is 0 Å². The monoisotopic (exact) mass is 299 g/mol. The molecule has 21 heavy (non-hydrogen) atoms. The molecule has 5 nitrogen and oxygen atoms in total. The first-order valence-corrected chi connectivity index (χ1v) is 6.86. The fourth-order valence-electron chi connectivity index (χ4n) is 1.76. The van der Waals surface area contributed by atoms with Crippen LogP contribution in [0.25, 0.3) is 0 Å². The molecule has 0 saturated heterocycles. The Labute approximate surface area is 129 Å². The molecule has 2 rings (SSSR count). The largest absolute Gasteiger partial charge is 0.381 e. The van der Waals surface area contributed by atoms with E-state index in [0.29, 0.717) is 18.2 Å². The summed E-state index contributed by atoms with van der Waals surface area (Å²) in [7, 11) is 0. The van der Waals surface area contributed by atoms with Crippen LogP contribution < -0.4 is 11.1 Å². The molecule has 1 aliphatic heterocycles. The van der Waals surface area contributed by atoms with Gasteiger partial charge in [0, 0.05) is 12.1 Å². The summed E-state index contributed by atoms with van der Waals surface area (Å²) >= 11 is 3.89. The number of thiol groups is 1. The van der Waals surface area contributed by atoms with Crippen LogP contribution in [0.15, 0.2) is 74.9 Å². The van der Waals surface area contributed by atoms with E-state index in [0.717, 1.165) is 23.5 Å². The maximum Gasteiger partial charge on any atom is 0.169 e. The summed E-state index contributed by atoms with van der Waals surface area (Å²) in [4.78, 5) is 8.73. The van der Waals surface area contributed by atoms with E-state index >= 15 is 0 Å². The zero-order valence-electron chi connectivity index (χ0n) is 11.5. The minimum atomic E-state index is 0.377. The summed E-state index contributed by atoms with van der Waals surface area (Å²) in [5.41, 5.74) is 8.58. The van der Waals surface area contributed by atoms with Crippen LogP contribution in [0.3, 0.4) is 0 Å². The molecular weight excluding hydrogens is 282 g/mol. The van der Waals surface area contributed by atoms with Gasteiger partial charge in [0.25, 0.3) is 0 Å². The Morgan fingerprint density at radius 2 is 2.24 bits per heavy atom. The Balaban J connectivity index is 2.01. The van der Waals surface area contributed by atoms with E-state index in [1.807, 2.05) is 36.5 Å². The third-order valence-corrected chi connectivity index (χ3v) is 3.08. The lowest BCUT2D eigenvalue weighted by Crippen LogP contribution is -2.38. The normalized spacial score (nSPS) is 22.2. The number of hydrogen-bond acceptors (Lipinski definition) is 6. The summed E-state index contributed by atoms with van der Waals surface area (Å²) in [6.07, 6.45) is 13.8. The lowest BCUT2D eigenvalue weighted by Gasteiger charge is -2.16. The minimum Gasteiger partial charge on any atom is -0.381 e. The van der Waals surface area contributed by atoms with Crippen LogP contribution in [0, 0.1) is 0 Å². The Morgan fingerprint density at radius 3 is 2.86 bits per heavy atom. The summed E-state index contributed by atoms with van der Waals surface area (Å²) in [5.74, 6) is 0.962. The number of rotatable bonds is 3. The number of amidine groups is 2. The van der Waals surface area contributed by atoms with Crippen LogP contribution in [0.2, 0.25) is 0 Å². The molecular formula is C15H17N5S. The van der Waals surface area contributed by atoms with Gasteiger partial charge in [0.1, 0.15) is 0 Å². The van der Waals surface area contributed by atoms with Gasteiger partial charge < -0.3 is 11.1 Å². The molecule has 0 aromatic heterocycles. The lowest BCUT2D eigenvalue weighted by atomic mass is 10.1. The smallest absolute Gasteiger partial charge is 0.169 e. The van der Waals surface area contributed by atoms with Gasteiger partial charge in [0.05, 0.1) is 18.0 Å². The third kappa shape index (κ3) is 4.32. The number of aliphatic imine (C=N–C) groups is 2. The fraction of sp³-hybridized carbons (Fsp3) is 0.133.